The second-order valence-corrected chi connectivity index (χ2v) is 4.21. The fraction of sp³-hybridized carbons (Fsp3) is 0.667. The van der Waals surface area contributed by atoms with Gasteiger partial charge in [0.2, 0.25) is 0 Å². The van der Waals surface area contributed by atoms with E-state index in [2.05, 4.69) is 32.6 Å². The Kier molecular flexibility index (Phi) is 3.90. The van der Waals surface area contributed by atoms with Crippen LogP contribution in [0.5, 0.6) is 0 Å². The lowest BCUT2D eigenvalue weighted by Crippen LogP contribution is -2.30. The third kappa shape index (κ3) is 2.96. The van der Waals surface area contributed by atoms with Gasteiger partial charge in [-0.1, -0.05) is 24.3 Å². The van der Waals surface area contributed by atoms with Crippen LogP contribution in [0.4, 0.5) is 0 Å². The lowest BCUT2D eigenvalue weighted by atomic mass is 9.83. The van der Waals surface area contributed by atoms with Crippen molar-refractivity contribution < 1.29 is 9.47 Å². The second kappa shape index (κ2) is 4.76. The Morgan fingerprint density at radius 2 is 2.36 bits per heavy atom. The summed E-state index contributed by atoms with van der Waals surface area (Å²) in [6, 6.07) is 0. The first-order valence-corrected chi connectivity index (χ1v) is 5.05. The lowest BCUT2D eigenvalue weighted by molar-refractivity contribution is -0.106. The maximum atomic E-state index is 5.61. The van der Waals surface area contributed by atoms with E-state index in [9.17, 15) is 0 Å². The van der Waals surface area contributed by atoms with E-state index < -0.39 is 0 Å². The first-order chi connectivity index (χ1) is 6.57. The molecule has 80 valence electrons. The van der Waals surface area contributed by atoms with Crippen molar-refractivity contribution in [2.24, 2.45) is 5.92 Å². The molecule has 0 aliphatic heterocycles. The number of allylic oxidation sites excluding steroid dienone is 2. The minimum atomic E-state index is -0.151. The van der Waals surface area contributed by atoms with Crippen LogP contribution in [-0.2, 0) is 9.47 Å². The number of hydrogen-bond acceptors (Lipinski definition) is 2. The molecule has 0 aromatic rings. The van der Waals surface area contributed by atoms with Gasteiger partial charge in [0.25, 0.3) is 0 Å². The van der Waals surface area contributed by atoms with Crippen LogP contribution in [0.15, 0.2) is 24.3 Å². The molecule has 0 radical (unpaired) electrons. The van der Waals surface area contributed by atoms with Crippen molar-refractivity contribution in [2.45, 2.75) is 32.3 Å². The predicted octanol–water partition coefficient (Wildman–Crippen LogP) is 2.91. The molecule has 0 N–H and O–H groups in total. The maximum absolute atomic E-state index is 5.61. The van der Waals surface area contributed by atoms with Crippen molar-refractivity contribution in [1.29, 1.82) is 0 Å². The highest BCUT2D eigenvalue weighted by Gasteiger charge is 2.27. The minimum Gasteiger partial charge on any atom is -0.359 e. The average Bonchev–Trinajstić information content (AvgIpc) is 2.16. The molecule has 2 heteroatoms. The highest BCUT2D eigenvalue weighted by Crippen LogP contribution is 2.31. The van der Waals surface area contributed by atoms with Crippen LogP contribution in [0, 0.1) is 5.92 Å². The minimum absolute atomic E-state index is 0.151. The molecule has 1 aliphatic carbocycles. The smallest absolute Gasteiger partial charge is 0.147 e. The molecule has 0 saturated carbocycles. The molecule has 14 heavy (non-hydrogen) atoms. The summed E-state index contributed by atoms with van der Waals surface area (Å²) in [5, 5.41) is 0. The molecule has 0 spiro atoms. The lowest BCUT2D eigenvalue weighted by Gasteiger charge is -2.32. The predicted molar refractivity (Wildman–Crippen MR) is 58.0 cm³/mol. The van der Waals surface area contributed by atoms with Gasteiger partial charge in [-0.25, -0.2) is 0 Å². The molecular formula is C12H20O2. The molecular weight excluding hydrogens is 176 g/mol. The molecule has 0 saturated heterocycles. The Labute approximate surface area is 86.6 Å². The first kappa shape index (κ1) is 11.5. The zero-order chi connectivity index (χ0) is 10.6. The average molecular weight is 196 g/mol. The standard InChI is InChI=1S/C12H20O2/c1-10(2)11-5-7-12(3,8-6-11)14-9-13-4/h5,7,11H,1,6,8-9H2,2-4H3. The molecule has 1 rings (SSSR count). The van der Waals surface area contributed by atoms with E-state index in [1.165, 1.54) is 5.57 Å². The molecule has 1 aliphatic rings. The highest BCUT2D eigenvalue weighted by atomic mass is 16.7. The molecule has 0 bridgehead atoms. The Bertz CT molecular complexity index is 232. The summed E-state index contributed by atoms with van der Waals surface area (Å²) in [6.07, 6.45) is 6.48. The van der Waals surface area contributed by atoms with Gasteiger partial charge in [0.15, 0.2) is 0 Å². The van der Waals surface area contributed by atoms with Crippen LogP contribution >= 0.6 is 0 Å². The van der Waals surface area contributed by atoms with Crippen molar-refractivity contribution in [1.82, 2.24) is 0 Å². The summed E-state index contributed by atoms with van der Waals surface area (Å²) >= 11 is 0. The first-order valence-electron chi connectivity index (χ1n) is 5.05. The fourth-order valence-electron chi connectivity index (χ4n) is 1.67. The maximum Gasteiger partial charge on any atom is 0.147 e. The van der Waals surface area contributed by atoms with E-state index in [4.69, 9.17) is 9.47 Å². The third-order valence-corrected chi connectivity index (χ3v) is 2.77. The van der Waals surface area contributed by atoms with E-state index in [1.807, 2.05) is 0 Å². The van der Waals surface area contributed by atoms with Crippen molar-refractivity contribution in [3.8, 4) is 0 Å². The quantitative estimate of drug-likeness (QED) is 0.508. The van der Waals surface area contributed by atoms with Crippen LogP contribution in [0.1, 0.15) is 26.7 Å². The van der Waals surface area contributed by atoms with E-state index in [0.29, 0.717) is 12.7 Å². The van der Waals surface area contributed by atoms with Gasteiger partial charge in [0.05, 0.1) is 5.60 Å². The topological polar surface area (TPSA) is 18.5 Å². The van der Waals surface area contributed by atoms with Crippen LogP contribution in [0.25, 0.3) is 0 Å². The largest absolute Gasteiger partial charge is 0.359 e. The summed E-state index contributed by atoms with van der Waals surface area (Å²) in [5.41, 5.74) is 1.08. The molecule has 0 fully saturated rings. The van der Waals surface area contributed by atoms with Crippen LogP contribution < -0.4 is 0 Å². The monoisotopic (exact) mass is 196 g/mol. The van der Waals surface area contributed by atoms with Gasteiger partial charge in [-0.05, 0) is 32.6 Å². The molecule has 0 aromatic carbocycles. The Balaban J connectivity index is 2.53. The van der Waals surface area contributed by atoms with E-state index in [-0.39, 0.29) is 5.60 Å². The third-order valence-electron chi connectivity index (χ3n) is 2.77. The normalized spacial score (nSPS) is 31.8. The van der Waals surface area contributed by atoms with E-state index in [1.54, 1.807) is 7.11 Å². The Hall–Kier alpha value is -0.600. The summed E-state index contributed by atoms with van der Waals surface area (Å²) in [6.45, 7) is 8.50. The molecule has 2 unspecified atom stereocenters. The van der Waals surface area contributed by atoms with Gasteiger partial charge in [-0.3, -0.25) is 0 Å². The van der Waals surface area contributed by atoms with Crippen LogP contribution in [-0.4, -0.2) is 19.5 Å². The van der Waals surface area contributed by atoms with Gasteiger partial charge >= 0.3 is 0 Å². The molecule has 2 nitrogen and oxygen atoms in total. The number of ether oxygens (including phenoxy) is 2. The highest BCUT2D eigenvalue weighted by molar-refractivity contribution is 5.15. The summed E-state index contributed by atoms with van der Waals surface area (Å²) in [4.78, 5) is 0. The number of rotatable bonds is 4. The van der Waals surface area contributed by atoms with Gasteiger partial charge in [0.1, 0.15) is 6.79 Å². The molecule has 2 atom stereocenters. The van der Waals surface area contributed by atoms with E-state index in [0.717, 1.165) is 12.8 Å². The van der Waals surface area contributed by atoms with Crippen molar-refractivity contribution in [2.75, 3.05) is 13.9 Å². The Morgan fingerprint density at radius 1 is 1.64 bits per heavy atom. The van der Waals surface area contributed by atoms with Gasteiger partial charge in [0, 0.05) is 7.11 Å². The number of hydrogen-bond donors (Lipinski definition) is 0. The van der Waals surface area contributed by atoms with E-state index >= 15 is 0 Å². The van der Waals surface area contributed by atoms with Gasteiger partial charge in [-0.2, -0.15) is 0 Å². The fourth-order valence-corrected chi connectivity index (χ4v) is 1.67. The molecule has 0 amide bonds. The zero-order valence-electron chi connectivity index (χ0n) is 9.38. The zero-order valence-corrected chi connectivity index (χ0v) is 9.38. The van der Waals surface area contributed by atoms with Crippen molar-refractivity contribution in [3.05, 3.63) is 24.3 Å². The summed E-state index contributed by atoms with van der Waals surface area (Å²) < 4.78 is 10.5. The van der Waals surface area contributed by atoms with Crippen LogP contribution in [0.2, 0.25) is 0 Å². The second-order valence-electron chi connectivity index (χ2n) is 4.21. The number of methoxy groups -OCH3 is 1. The molecule has 0 heterocycles. The SMILES string of the molecule is C=C(C)C1C=CC(C)(OCOC)CC1. The summed E-state index contributed by atoms with van der Waals surface area (Å²) in [5.74, 6) is 0.522. The Morgan fingerprint density at radius 3 is 2.79 bits per heavy atom. The van der Waals surface area contributed by atoms with Gasteiger partial charge < -0.3 is 9.47 Å². The van der Waals surface area contributed by atoms with Crippen molar-refractivity contribution >= 4 is 0 Å². The molecule has 0 aromatic heterocycles. The summed E-state index contributed by atoms with van der Waals surface area (Å²) in [7, 11) is 1.65. The van der Waals surface area contributed by atoms with Crippen molar-refractivity contribution in [3.63, 3.8) is 0 Å². The van der Waals surface area contributed by atoms with Crippen LogP contribution in [0.3, 0.4) is 0 Å². The van der Waals surface area contributed by atoms with Gasteiger partial charge in [-0.15, -0.1) is 0 Å².